The molecule has 2 amide bonds. The number of pyridine rings is 1. The molecule has 0 aromatic carbocycles. The number of aromatic nitrogens is 1. The van der Waals surface area contributed by atoms with Crippen molar-refractivity contribution in [1.82, 2.24) is 37.3 Å². The van der Waals surface area contributed by atoms with Crippen LogP contribution in [0.3, 0.4) is 0 Å². The molecule has 1 aromatic heterocycles. The van der Waals surface area contributed by atoms with Crippen LogP contribution in [0.4, 0.5) is 0 Å². The monoisotopic (exact) mass is 331 g/mol. The Labute approximate surface area is 137 Å². The first-order chi connectivity index (χ1) is 11.7. The minimum atomic E-state index is -0.476. The number of carbonyl (C=O) groups is 2. The van der Waals surface area contributed by atoms with Crippen molar-refractivity contribution in [2.45, 2.75) is 0 Å². The van der Waals surface area contributed by atoms with Gasteiger partial charge in [0.1, 0.15) is 11.4 Å². The van der Waals surface area contributed by atoms with Gasteiger partial charge in [0.05, 0.1) is 13.1 Å². The molecule has 2 aliphatic rings. The van der Waals surface area contributed by atoms with Crippen LogP contribution in [0.2, 0.25) is 0 Å². The van der Waals surface area contributed by atoms with Crippen LogP contribution in [0.5, 0.6) is 0 Å². The normalized spacial score (nSPS) is 15.5. The maximum Gasteiger partial charge on any atom is 0.288 e. The quantitative estimate of drug-likeness (QED) is 0.328. The van der Waals surface area contributed by atoms with E-state index in [1.54, 1.807) is 6.07 Å². The van der Waals surface area contributed by atoms with Crippen LogP contribution in [0, 0.1) is 0 Å². The Morgan fingerprint density at radius 1 is 0.875 bits per heavy atom. The molecular weight excluding hydrogens is 314 g/mol. The van der Waals surface area contributed by atoms with Crippen LogP contribution in [0.25, 0.3) is 0 Å². The number of nitrogens with one attached hydrogen (secondary N) is 6. The molecule has 0 bridgehead atoms. The van der Waals surface area contributed by atoms with Crippen molar-refractivity contribution >= 4 is 23.7 Å². The van der Waals surface area contributed by atoms with E-state index in [9.17, 15) is 9.59 Å². The van der Waals surface area contributed by atoms with E-state index in [1.807, 2.05) is 0 Å². The molecule has 0 aliphatic carbocycles. The molecule has 0 saturated heterocycles. The van der Waals surface area contributed by atoms with Gasteiger partial charge >= 0.3 is 0 Å². The summed E-state index contributed by atoms with van der Waals surface area (Å²) in [6, 6.07) is 4.59. The lowest BCUT2D eigenvalue weighted by atomic mass is 10.3. The average molecular weight is 331 g/mol. The smallest absolute Gasteiger partial charge is 0.288 e. The summed E-state index contributed by atoms with van der Waals surface area (Å²) >= 11 is 0. The van der Waals surface area contributed by atoms with Crippen molar-refractivity contribution in [3.63, 3.8) is 0 Å². The third-order valence-electron chi connectivity index (χ3n) is 3.15. The summed E-state index contributed by atoms with van der Waals surface area (Å²) in [5.74, 6) is 0.0317. The first-order valence-corrected chi connectivity index (χ1v) is 7.39. The van der Waals surface area contributed by atoms with Gasteiger partial charge in [0.25, 0.3) is 11.8 Å². The number of carbonyl (C=O) groups excluding carboxylic acids is 2. The van der Waals surface area contributed by atoms with E-state index in [1.165, 1.54) is 12.1 Å². The Balaban J connectivity index is 1.56. The maximum atomic E-state index is 12.0. The highest BCUT2D eigenvalue weighted by atomic mass is 16.2. The zero-order valence-electron chi connectivity index (χ0n) is 12.7. The molecule has 2 aliphatic heterocycles. The average Bonchev–Trinajstić information content (AvgIpc) is 3.31. The van der Waals surface area contributed by atoms with Gasteiger partial charge < -0.3 is 10.6 Å². The Hall–Kier alpha value is -3.37. The summed E-state index contributed by atoms with van der Waals surface area (Å²) in [7, 11) is 0. The third-order valence-corrected chi connectivity index (χ3v) is 3.15. The van der Waals surface area contributed by atoms with Gasteiger partial charge in [-0.25, -0.2) is 4.98 Å². The van der Waals surface area contributed by atoms with Crippen molar-refractivity contribution in [2.24, 2.45) is 9.98 Å². The fourth-order valence-electron chi connectivity index (χ4n) is 2.01. The Morgan fingerprint density at radius 2 is 1.38 bits per heavy atom. The minimum Gasteiger partial charge on any atom is -0.353 e. The molecule has 126 valence electrons. The topological polar surface area (TPSA) is 144 Å². The summed E-state index contributed by atoms with van der Waals surface area (Å²) < 4.78 is 0. The molecule has 1 aromatic rings. The zero-order chi connectivity index (χ0) is 16.8. The van der Waals surface area contributed by atoms with Gasteiger partial charge in [-0.05, 0) is 12.1 Å². The van der Waals surface area contributed by atoms with Crippen LogP contribution in [-0.4, -0.2) is 54.9 Å². The highest BCUT2D eigenvalue weighted by molar-refractivity contribution is 5.97. The third kappa shape index (κ3) is 3.88. The molecule has 0 radical (unpaired) electrons. The number of aliphatic imine (C=N–C) groups is 2. The van der Waals surface area contributed by atoms with E-state index in [-0.39, 0.29) is 11.4 Å². The highest BCUT2D eigenvalue weighted by Gasteiger charge is 2.14. The molecule has 11 heteroatoms. The molecule has 0 fully saturated rings. The fourth-order valence-corrected chi connectivity index (χ4v) is 2.01. The van der Waals surface area contributed by atoms with E-state index in [0.29, 0.717) is 25.0 Å². The molecule has 6 N–H and O–H groups in total. The van der Waals surface area contributed by atoms with Crippen LogP contribution in [0.1, 0.15) is 21.0 Å². The SMILES string of the molecule is O=C(NNC1=NCCN1)c1cccc(C(=O)NNC2=NCCN2)n1. The number of hydrazine groups is 2. The maximum absolute atomic E-state index is 12.0. The first-order valence-electron chi connectivity index (χ1n) is 7.39. The van der Waals surface area contributed by atoms with E-state index >= 15 is 0 Å². The molecule has 0 unspecified atom stereocenters. The second-order valence-electron chi connectivity index (χ2n) is 4.88. The van der Waals surface area contributed by atoms with E-state index < -0.39 is 11.8 Å². The first kappa shape index (κ1) is 15.5. The molecule has 3 heterocycles. The van der Waals surface area contributed by atoms with Crippen LogP contribution >= 0.6 is 0 Å². The van der Waals surface area contributed by atoms with Gasteiger partial charge in [0.15, 0.2) is 0 Å². The van der Waals surface area contributed by atoms with Crippen molar-refractivity contribution in [3.8, 4) is 0 Å². The number of hydrogen-bond donors (Lipinski definition) is 6. The predicted octanol–water partition coefficient (Wildman–Crippen LogP) is -2.53. The van der Waals surface area contributed by atoms with Crippen LogP contribution in [0.15, 0.2) is 28.2 Å². The van der Waals surface area contributed by atoms with Gasteiger partial charge in [-0.3, -0.25) is 41.3 Å². The standard InChI is InChI=1S/C13H17N9O2/c23-10(19-21-12-14-4-5-15-12)8-2-1-3-9(18-8)11(24)20-22-13-16-6-7-17-13/h1-3H,4-7H2,(H,19,23)(H,20,24)(H2,14,15,21)(H2,16,17,22). The van der Waals surface area contributed by atoms with Crippen LogP contribution < -0.4 is 32.3 Å². The Bertz CT molecular complexity index is 645. The molecule has 0 saturated carbocycles. The number of hydrogen-bond acceptors (Lipinski definition) is 9. The lowest BCUT2D eigenvalue weighted by Crippen LogP contribution is -2.47. The van der Waals surface area contributed by atoms with E-state index in [4.69, 9.17) is 0 Å². The van der Waals surface area contributed by atoms with Gasteiger partial charge in [0.2, 0.25) is 11.9 Å². The Morgan fingerprint density at radius 3 is 1.79 bits per heavy atom. The highest BCUT2D eigenvalue weighted by Crippen LogP contribution is 1.99. The van der Waals surface area contributed by atoms with Gasteiger partial charge in [0, 0.05) is 13.1 Å². The Kier molecular flexibility index (Phi) is 4.70. The van der Waals surface area contributed by atoms with Crippen LogP contribution in [-0.2, 0) is 0 Å². The van der Waals surface area contributed by atoms with E-state index in [0.717, 1.165) is 13.1 Å². The van der Waals surface area contributed by atoms with Gasteiger partial charge in [-0.15, -0.1) is 0 Å². The zero-order valence-corrected chi connectivity index (χ0v) is 12.7. The second kappa shape index (κ2) is 7.26. The van der Waals surface area contributed by atoms with Gasteiger partial charge in [-0.1, -0.05) is 6.07 Å². The second-order valence-corrected chi connectivity index (χ2v) is 4.88. The van der Waals surface area contributed by atoms with E-state index in [2.05, 4.69) is 47.3 Å². The lowest BCUT2D eigenvalue weighted by Gasteiger charge is -2.10. The summed E-state index contributed by atoms with van der Waals surface area (Å²) in [6.45, 7) is 2.75. The van der Waals surface area contributed by atoms with Crippen molar-refractivity contribution < 1.29 is 9.59 Å². The van der Waals surface area contributed by atoms with Crippen molar-refractivity contribution in [1.29, 1.82) is 0 Å². The number of amides is 2. The molecule has 0 spiro atoms. The minimum absolute atomic E-state index is 0.102. The molecule has 0 atom stereocenters. The van der Waals surface area contributed by atoms with Crippen molar-refractivity contribution in [3.05, 3.63) is 29.6 Å². The number of nitrogens with zero attached hydrogens (tertiary/aromatic N) is 3. The number of guanidine groups is 2. The molecule has 3 rings (SSSR count). The molecule has 11 nitrogen and oxygen atoms in total. The van der Waals surface area contributed by atoms with Gasteiger partial charge in [-0.2, -0.15) is 0 Å². The summed E-state index contributed by atoms with van der Waals surface area (Å²) in [5.41, 5.74) is 10.4. The largest absolute Gasteiger partial charge is 0.353 e. The summed E-state index contributed by atoms with van der Waals surface area (Å²) in [6.07, 6.45) is 0. The summed E-state index contributed by atoms with van der Waals surface area (Å²) in [4.78, 5) is 36.3. The molecule has 24 heavy (non-hydrogen) atoms. The lowest BCUT2D eigenvalue weighted by molar-refractivity contribution is 0.0933. The van der Waals surface area contributed by atoms with Crippen molar-refractivity contribution in [2.75, 3.05) is 26.2 Å². The fraction of sp³-hybridized carbons (Fsp3) is 0.308. The predicted molar refractivity (Wildman–Crippen MR) is 86.1 cm³/mol. The number of rotatable bonds is 2. The molecular formula is C13H17N9O2. The summed E-state index contributed by atoms with van der Waals surface area (Å²) in [5, 5.41) is 5.90.